The Morgan fingerprint density at radius 1 is 1.53 bits per heavy atom. The molecule has 0 bridgehead atoms. The Balaban J connectivity index is 2.24. The van der Waals surface area contributed by atoms with Crippen molar-refractivity contribution in [2.75, 3.05) is 14.2 Å². The molecule has 0 aliphatic carbocycles. The van der Waals surface area contributed by atoms with Crippen molar-refractivity contribution >= 4 is 5.91 Å². The third kappa shape index (κ3) is 2.70. The summed E-state index contributed by atoms with van der Waals surface area (Å²) in [5, 5.41) is 6.32. The van der Waals surface area contributed by atoms with Crippen molar-refractivity contribution in [3.8, 4) is 5.75 Å². The molecule has 2 rings (SSSR count). The van der Waals surface area contributed by atoms with E-state index in [0.717, 1.165) is 0 Å². The molecule has 1 aromatic carbocycles. The van der Waals surface area contributed by atoms with E-state index in [4.69, 9.17) is 4.74 Å². The zero-order chi connectivity index (χ0) is 13.8. The number of carbonyl (C=O) groups excluding carboxylic acids is 1. The molecular weight excluding hydrogens is 251 g/mol. The summed E-state index contributed by atoms with van der Waals surface area (Å²) >= 11 is 0. The van der Waals surface area contributed by atoms with Crippen LogP contribution in [0, 0.1) is 5.82 Å². The van der Waals surface area contributed by atoms with Gasteiger partial charge in [0.05, 0.1) is 13.7 Å². The molecule has 1 N–H and O–H groups in total. The number of nitrogens with zero attached hydrogens (tertiary/aromatic N) is 3. The topological polar surface area (TPSA) is 71.1 Å². The number of carbonyl (C=O) groups is 1. The average Bonchev–Trinajstić information content (AvgIpc) is 2.90. The lowest BCUT2D eigenvalue weighted by Crippen LogP contribution is -2.28. The number of methoxy groups -OCH3 is 1. The van der Waals surface area contributed by atoms with Gasteiger partial charge in [-0.25, -0.2) is 9.37 Å². The summed E-state index contributed by atoms with van der Waals surface area (Å²) in [6.07, 6.45) is 1.34. The number of halogens is 1. The molecule has 0 fully saturated rings. The zero-order valence-electron chi connectivity index (χ0n) is 10.6. The largest absolute Gasteiger partial charge is 0.496 e. The maximum atomic E-state index is 13.8. The van der Waals surface area contributed by atoms with Gasteiger partial charge < -0.3 is 9.64 Å². The smallest absolute Gasteiger partial charge is 0.260 e. The van der Waals surface area contributed by atoms with Gasteiger partial charge in [0.15, 0.2) is 0 Å². The summed E-state index contributed by atoms with van der Waals surface area (Å²) in [6, 6.07) is 4.25. The molecule has 7 heteroatoms. The van der Waals surface area contributed by atoms with Crippen LogP contribution in [-0.2, 0) is 6.54 Å². The van der Waals surface area contributed by atoms with Crippen LogP contribution >= 0.6 is 0 Å². The van der Waals surface area contributed by atoms with Crippen LogP contribution in [0.15, 0.2) is 24.5 Å². The fourth-order valence-corrected chi connectivity index (χ4v) is 1.68. The number of ether oxygens (including phenoxy) is 1. The van der Waals surface area contributed by atoms with Gasteiger partial charge in [0.25, 0.3) is 5.91 Å². The van der Waals surface area contributed by atoms with Crippen LogP contribution in [-0.4, -0.2) is 40.1 Å². The number of H-pyrrole nitrogens is 1. The fourth-order valence-electron chi connectivity index (χ4n) is 1.68. The lowest BCUT2D eigenvalue weighted by Gasteiger charge is -2.17. The van der Waals surface area contributed by atoms with Gasteiger partial charge in [-0.05, 0) is 12.1 Å². The molecule has 1 aromatic heterocycles. The molecule has 0 saturated heterocycles. The second kappa shape index (κ2) is 5.47. The van der Waals surface area contributed by atoms with Crippen molar-refractivity contribution in [2.45, 2.75) is 6.54 Å². The number of hydrogen-bond acceptors (Lipinski definition) is 4. The highest BCUT2D eigenvalue weighted by molar-refractivity contribution is 5.97. The third-order valence-corrected chi connectivity index (χ3v) is 2.61. The standard InChI is InChI=1S/C12H13FN4O2/c1-17(6-10-14-7-15-16-10)12(18)11-8(13)4-3-5-9(11)19-2/h3-5,7H,6H2,1-2H3,(H,14,15,16). The Morgan fingerprint density at radius 3 is 2.95 bits per heavy atom. The summed E-state index contributed by atoms with van der Waals surface area (Å²) in [4.78, 5) is 17.5. The van der Waals surface area contributed by atoms with Gasteiger partial charge in [-0.1, -0.05) is 6.07 Å². The number of aromatic amines is 1. The molecule has 0 saturated carbocycles. The first-order valence-corrected chi connectivity index (χ1v) is 5.55. The Labute approximate surface area is 109 Å². The van der Waals surface area contributed by atoms with Crippen LogP contribution in [0.3, 0.4) is 0 Å². The van der Waals surface area contributed by atoms with Crippen LogP contribution in [0.2, 0.25) is 0 Å². The number of aromatic nitrogens is 3. The normalized spacial score (nSPS) is 10.3. The predicted octanol–water partition coefficient (Wildman–Crippen LogP) is 1.22. The van der Waals surface area contributed by atoms with Gasteiger partial charge in [-0.15, -0.1) is 0 Å². The zero-order valence-corrected chi connectivity index (χ0v) is 10.6. The van der Waals surface area contributed by atoms with E-state index in [1.54, 1.807) is 13.1 Å². The summed E-state index contributed by atoms with van der Waals surface area (Å²) < 4.78 is 18.8. The molecule has 0 spiro atoms. The highest BCUT2D eigenvalue weighted by Crippen LogP contribution is 2.22. The lowest BCUT2D eigenvalue weighted by molar-refractivity contribution is 0.0773. The minimum Gasteiger partial charge on any atom is -0.496 e. The second-order valence-electron chi connectivity index (χ2n) is 3.91. The molecule has 0 aliphatic heterocycles. The van der Waals surface area contributed by atoms with Crippen molar-refractivity contribution in [2.24, 2.45) is 0 Å². The minimum absolute atomic E-state index is 0.0907. The molecule has 2 aromatic rings. The van der Waals surface area contributed by atoms with Gasteiger partial charge in [0, 0.05) is 7.05 Å². The van der Waals surface area contributed by atoms with E-state index >= 15 is 0 Å². The summed E-state index contributed by atoms with van der Waals surface area (Å²) in [5.74, 6) is -0.374. The van der Waals surface area contributed by atoms with E-state index < -0.39 is 11.7 Å². The Hall–Kier alpha value is -2.44. The van der Waals surface area contributed by atoms with Crippen molar-refractivity contribution < 1.29 is 13.9 Å². The van der Waals surface area contributed by atoms with Crippen molar-refractivity contribution in [1.82, 2.24) is 20.1 Å². The molecule has 0 aliphatic rings. The number of benzene rings is 1. The highest BCUT2D eigenvalue weighted by Gasteiger charge is 2.21. The molecule has 0 atom stereocenters. The summed E-state index contributed by atoms with van der Waals surface area (Å²) in [5.41, 5.74) is -0.0907. The van der Waals surface area contributed by atoms with Crippen LogP contribution in [0.4, 0.5) is 4.39 Å². The summed E-state index contributed by atoms with van der Waals surface area (Å²) in [6.45, 7) is 0.205. The van der Waals surface area contributed by atoms with E-state index in [-0.39, 0.29) is 17.9 Å². The first kappa shape index (κ1) is 13.0. The molecule has 1 amide bonds. The van der Waals surface area contributed by atoms with Crippen molar-refractivity contribution in [3.63, 3.8) is 0 Å². The maximum absolute atomic E-state index is 13.8. The van der Waals surface area contributed by atoms with E-state index in [2.05, 4.69) is 15.2 Å². The second-order valence-corrected chi connectivity index (χ2v) is 3.91. The fraction of sp³-hybridized carbons (Fsp3) is 0.250. The van der Waals surface area contributed by atoms with E-state index in [9.17, 15) is 9.18 Å². The lowest BCUT2D eigenvalue weighted by atomic mass is 10.1. The molecular formula is C12H13FN4O2. The van der Waals surface area contributed by atoms with Crippen molar-refractivity contribution in [1.29, 1.82) is 0 Å². The van der Waals surface area contributed by atoms with Gasteiger partial charge in [0.1, 0.15) is 29.3 Å². The van der Waals surface area contributed by atoms with Crippen molar-refractivity contribution in [3.05, 3.63) is 41.7 Å². The molecule has 100 valence electrons. The Morgan fingerprint density at radius 2 is 2.32 bits per heavy atom. The molecule has 0 radical (unpaired) electrons. The van der Waals surface area contributed by atoms with E-state index in [1.807, 2.05) is 0 Å². The van der Waals surface area contributed by atoms with Crippen LogP contribution in [0.25, 0.3) is 0 Å². The minimum atomic E-state index is -0.617. The average molecular weight is 264 g/mol. The Bertz CT molecular complexity index is 571. The molecule has 19 heavy (non-hydrogen) atoms. The first-order valence-electron chi connectivity index (χ1n) is 5.55. The quantitative estimate of drug-likeness (QED) is 0.901. The molecule has 0 unspecified atom stereocenters. The van der Waals surface area contributed by atoms with Crippen LogP contribution in [0.5, 0.6) is 5.75 Å². The summed E-state index contributed by atoms with van der Waals surface area (Å²) in [7, 11) is 2.94. The van der Waals surface area contributed by atoms with Gasteiger partial charge in [-0.3, -0.25) is 9.89 Å². The van der Waals surface area contributed by atoms with E-state index in [0.29, 0.717) is 5.82 Å². The molecule has 6 nitrogen and oxygen atoms in total. The molecule has 1 heterocycles. The maximum Gasteiger partial charge on any atom is 0.260 e. The highest BCUT2D eigenvalue weighted by atomic mass is 19.1. The van der Waals surface area contributed by atoms with Gasteiger partial charge in [-0.2, -0.15) is 5.10 Å². The number of nitrogens with one attached hydrogen (secondary N) is 1. The number of rotatable bonds is 4. The Kier molecular flexibility index (Phi) is 3.74. The number of hydrogen-bond donors (Lipinski definition) is 1. The number of amides is 1. The first-order chi connectivity index (χ1) is 9.13. The third-order valence-electron chi connectivity index (χ3n) is 2.61. The van der Waals surface area contributed by atoms with Crippen LogP contribution < -0.4 is 4.74 Å². The predicted molar refractivity (Wildman–Crippen MR) is 65.1 cm³/mol. The van der Waals surface area contributed by atoms with Gasteiger partial charge in [0.2, 0.25) is 0 Å². The van der Waals surface area contributed by atoms with E-state index in [1.165, 1.54) is 30.5 Å². The van der Waals surface area contributed by atoms with Crippen LogP contribution in [0.1, 0.15) is 16.2 Å². The SMILES string of the molecule is COc1cccc(F)c1C(=O)N(C)Cc1ncn[nH]1. The van der Waals surface area contributed by atoms with Gasteiger partial charge >= 0.3 is 0 Å². The monoisotopic (exact) mass is 264 g/mol.